The molecule has 0 spiro atoms. The van der Waals surface area contributed by atoms with Crippen molar-refractivity contribution in [3.8, 4) is 11.1 Å². The number of carbonyl (C=O) groups is 1. The zero-order chi connectivity index (χ0) is 22.7. The fraction of sp³-hybridized carbons (Fsp3) is 0.435. The van der Waals surface area contributed by atoms with Crippen molar-refractivity contribution in [3.63, 3.8) is 0 Å². The molecule has 0 radical (unpaired) electrons. The van der Waals surface area contributed by atoms with Crippen molar-refractivity contribution in [2.45, 2.75) is 33.2 Å². The normalized spacial score (nSPS) is 17.5. The topological polar surface area (TPSA) is 88.1 Å². The molecule has 5 rings (SSSR count). The summed E-state index contributed by atoms with van der Waals surface area (Å²) >= 11 is 0. The molecule has 2 aliphatic rings. The minimum Gasteiger partial charge on any atom is -0.381 e. The Morgan fingerprint density at radius 3 is 2.78 bits per heavy atom. The molecule has 0 unspecified atom stereocenters. The van der Waals surface area contributed by atoms with Crippen molar-refractivity contribution < 1.29 is 13.9 Å². The molecule has 1 aromatic carbocycles. The maximum absolute atomic E-state index is 14.6. The Hall–Kier alpha value is -3.20. The Bertz CT molecular complexity index is 1090. The second kappa shape index (κ2) is 9.52. The smallest absolute Gasteiger partial charge is 0.219 e. The van der Waals surface area contributed by atoms with Gasteiger partial charge in [0.05, 0.1) is 18.4 Å². The molecule has 3 aromatic rings. The van der Waals surface area contributed by atoms with Gasteiger partial charge in [0.25, 0.3) is 0 Å². The van der Waals surface area contributed by atoms with Crippen LogP contribution in [0.25, 0.3) is 11.1 Å². The lowest BCUT2D eigenvalue weighted by Gasteiger charge is -2.25. The average molecular weight is 441 g/mol. The maximum atomic E-state index is 14.6. The number of aryl methyl sites for hydroxylation is 1. The Kier molecular flexibility index (Phi) is 6.55. The van der Waals surface area contributed by atoms with Gasteiger partial charge in [-0.25, -0.2) is 4.39 Å². The van der Waals surface area contributed by atoms with Crippen molar-refractivity contribution in [1.29, 1.82) is 0 Å². The number of ether oxygens (including phenoxy) is 1. The molecule has 1 saturated heterocycles. The van der Waals surface area contributed by atoms with Gasteiger partial charge in [-0.1, -0.05) is 13.0 Å². The van der Waals surface area contributed by atoms with E-state index in [1.165, 1.54) is 12.5 Å². The molecular weight excluding hydrogens is 411 g/mol. The summed E-state index contributed by atoms with van der Waals surface area (Å²) in [6.45, 7) is 6.88. The van der Waals surface area contributed by atoms with Gasteiger partial charge < -0.3 is 15.0 Å². The molecule has 170 valence electrons. The summed E-state index contributed by atoms with van der Waals surface area (Å²) in [6, 6.07) is 4.99. The van der Waals surface area contributed by atoms with E-state index in [9.17, 15) is 9.18 Å². The van der Waals surface area contributed by atoms with E-state index < -0.39 is 0 Å². The van der Waals surface area contributed by atoms with Crippen molar-refractivity contribution in [3.05, 3.63) is 47.7 Å². The summed E-state index contributed by atoms with van der Waals surface area (Å²) < 4.78 is 21.3. The molecule has 2 aromatic heterocycles. The van der Waals surface area contributed by atoms with E-state index >= 15 is 0 Å². The predicted octanol–water partition coefficient (Wildman–Crippen LogP) is 3.64. The molecule has 8 nitrogen and oxygen atoms in total. The van der Waals surface area contributed by atoms with Crippen LogP contribution in [0, 0.1) is 11.7 Å². The first-order valence-electron chi connectivity index (χ1n) is 10.9. The lowest BCUT2D eigenvalue weighted by molar-refractivity contribution is -0.129. The van der Waals surface area contributed by atoms with E-state index in [2.05, 4.69) is 27.5 Å². The Balaban J connectivity index is 0.000000354. The second-order valence-electron chi connectivity index (χ2n) is 8.41. The van der Waals surface area contributed by atoms with Crippen LogP contribution in [0.5, 0.6) is 0 Å². The summed E-state index contributed by atoms with van der Waals surface area (Å²) in [5, 5.41) is 14.4. The van der Waals surface area contributed by atoms with Gasteiger partial charge in [0.2, 0.25) is 5.91 Å². The third kappa shape index (κ3) is 4.99. The standard InChI is InChI=1S/C18H19FN6O.C5H10O/c1-11(26)25-6-5-16-14(10-25)18(23-22-16)21-17-4-3-12(7-15(17)19)13-8-20-24(2)9-13;1-5-2-3-6-4-5/h3-4,7-9H,5-6,10H2,1-2H3,(H2,21,22,23);5H,2-4H2,1H3/t;5-/m.0/s1. The van der Waals surface area contributed by atoms with Crippen molar-refractivity contribution in [2.75, 3.05) is 25.1 Å². The highest BCUT2D eigenvalue weighted by atomic mass is 19.1. The molecular formula is C23H29FN6O2. The zero-order valence-electron chi connectivity index (χ0n) is 18.7. The molecule has 1 atom stereocenters. The second-order valence-corrected chi connectivity index (χ2v) is 8.41. The molecule has 9 heteroatoms. The van der Waals surface area contributed by atoms with E-state index in [0.717, 1.165) is 41.5 Å². The number of H-pyrrole nitrogens is 1. The molecule has 2 N–H and O–H groups in total. The molecule has 4 heterocycles. The van der Waals surface area contributed by atoms with Crippen LogP contribution in [0.4, 0.5) is 15.9 Å². The van der Waals surface area contributed by atoms with Crippen LogP contribution in [-0.4, -0.2) is 50.5 Å². The number of halogens is 1. The minimum absolute atomic E-state index is 0.0230. The third-order valence-corrected chi connectivity index (χ3v) is 5.80. The van der Waals surface area contributed by atoms with Gasteiger partial charge >= 0.3 is 0 Å². The number of anilines is 2. The Morgan fingerprint density at radius 2 is 2.19 bits per heavy atom. The lowest BCUT2D eigenvalue weighted by Crippen LogP contribution is -2.34. The van der Waals surface area contributed by atoms with Crippen LogP contribution in [0.3, 0.4) is 0 Å². The highest BCUT2D eigenvalue weighted by Crippen LogP contribution is 2.29. The molecule has 1 fully saturated rings. The van der Waals surface area contributed by atoms with E-state index in [1.54, 1.807) is 28.8 Å². The highest BCUT2D eigenvalue weighted by molar-refractivity contribution is 5.74. The Morgan fingerprint density at radius 1 is 1.34 bits per heavy atom. The quantitative estimate of drug-likeness (QED) is 0.649. The number of rotatable bonds is 3. The average Bonchev–Trinajstić information content (AvgIpc) is 3.51. The fourth-order valence-electron chi connectivity index (χ4n) is 3.81. The van der Waals surface area contributed by atoms with Crippen molar-refractivity contribution in [1.82, 2.24) is 24.9 Å². The first-order chi connectivity index (χ1) is 15.4. The van der Waals surface area contributed by atoms with Crippen LogP contribution >= 0.6 is 0 Å². The van der Waals surface area contributed by atoms with E-state index in [4.69, 9.17) is 4.74 Å². The van der Waals surface area contributed by atoms with Gasteiger partial charge in [0, 0.05) is 63.2 Å². The van der Waals surface area contributed by atoms with Crippen LogP contribution in [0.1, 0.15) is 31.5 Å². The predicted molar refractivity (Wildman–Crippen MR) is 120 cm³/mol. The number of hydrogen-bond acceptors (Lipinski definition) is 5. The van der Waals surface area contributed by atoms with Crippen molar-refractivity contribution >= 4 is 17.4 Å². The molecule has 0 aliphatic carbocycles. The van der Waals surface area contributed by atoms with Gasteiger partial charge in [-0.05, 0) is 30.0 Å². The van der Waals surface area contributed by atoms with E-state index in [0.29, 0.717) is 31.0 Å². The lowest BCUT2D eigenvalue weighted by atomic mass is 10.1. The van der Waals surface area contributed by atoms with Gasteiger partial charge in [0.1, 0.15) is 5.82 Å². The monoisotopic (exact) mass is 440 g/mol. The van der Waals surface area contributed by atoms with Crippen LogP contribution in [0.15, 0.2) is 30.6 Å². The number of amides is 1. The van der Waals surface area contributed by atoms with Gasteiger partial charge in [-0.2, -0.15) is 10.2 Å². The summed E-state index contributed by atoms with van der Waals surface area (Å²) in [7, 11) is 1.82. The number of carbonyl (C=O) groups excluding carboxylic acids is 1. The van der Waals surface area contributed by atoms with E-state index in [1.807, 2.05) is 19.3 Å². The molecule has 32 heavy (non-hydrogen) atoms. The van der Waals surface area contributed by atoms with Crippen LogP contribution in [-0.2, 0) is 29.5 Å². The Labute approximate surface area is 186 Å². The van der Waals surface area contributed by atoms with Gasteiger partial charge in [0.15, 0.2) is 5.82 Å². The van der Waals surface area contributed by atoms with Crippen LogP contribution < -0.4 is 5.32 Å². The van der Waals surface area contributed by atoms with Crippen LogP contribution in [0.2, 0.25) is 0 Å². The number of hydrogen-bond donors (Lipinski definition) is 2. The molecule has 1 amide bonds. The number of benzene rings is 1. The van der Waals surface area contributed by atoms with Gasteiger partial charge in [-0.15, -0.1) is 0 Å². The molecule has 2 aliphatic heterocycles. The third-order valence-electron chi connectivity index (χ3n) is 5.80. The highest BCUT2D eigenvalue weighted by Gasteiger charge is 2.24. The summed E-state index contributed by atoms with van der Waals surface area (Å²) in [5.41, 5.74) is 3.84. The zero-order valence-corrected chi connectivity index (χ0v) is 18.7. The van der Waals surface area contributed by atoms with Crippen molar-refractivity contribution in [2.24, 2.45) is 13.0 Å². The summed E-state index contributed by atoms with van der Waals surface area (Å²) in [4.78, 5) is 13.4. The van der Waals surface area contributed by atoms with E-state index in [-0.39, 0.29) is 11.7 Å². The summed E-state index contributed by atoms with van der Waals surface area (Å²) in [6.07, 6.45) is 5.51. The first-order valence-corrected chi connectivity index (χ1v) is 10.9. The minimum atomic E-state index is -0.373. The number of nitrogens with one attached hydrogen (secondary N) is 2. The number of fused-ring (bicyclic) bond motifs is 1. The maximum Gasteiger partial charge on any atom is 0.219 e. The van der Waals surface area contributed by atoms with Gasteiger partial charge in [-0.3, -0.25) is 14.6 Å². The summed E-state index contributed by atoms with van der Waals surface area (Å²) in [5.74, 6) is 1.03. The number of nitrogens with zero attached hydrogens (tertiary/aromatic N) is 4. The number of aromatic amines is 1. The first kappa shape index (κ1) is 22.0. The largest absolute Gasteiger partial charge is 0.381 e. The molecule has 0 saturated carbocycles. The fourth-order valence-corrected chi connectivity index (χ4v) is 3.81. The molecule has 0 bridgehead atoms. The number of aromatic nitrogens is 4. The SMILES string of the molecule is CC(=O)N1CCc2[nH]nc(Nc3ccc(-c4cnn(C)c4)cc3F)c2C1.C[C@H]1CCOC1.